The molecule has 0 bridgehead atoms. The Labute approximate surface area is 167 Å². The predicted octanol–water partition coefficient (Wildman–Crippen LogP) is 4.29. The Hall–Kier alpha value is -2.67. The number of hydrogen-bond donors (Lipinski definition) is 2. The van der Waals surface area contributed by atoms with Crippen LogP contribution in [0.15, 0.2) is 53.7 Å². The largest absolute Gasteiger partial charge is 0.348 e. The standard InChI is InChI=1S/C21H21FN4OS/c1-13(20(27)23-18-12-6-8-14-7-2-3-9-15(14)18)28-21-24-19(25-26-21)16-10-4-5-11-17(16)22/h2-5,7,9-11,13,18H,6,8,12H2,1H3,(H,23,27)(H,24,25,26)/t13-,18+/m1/s1. The number of thioether (sulfide) groups is 1. The maximum Gasteiger partial charge on any atom is 0.233 e. The second kappa shape index (κ2) is 8.14. The van der Waals surface area contributed by atoms with Crippen LogP contribution in [-0.4, -0.2) is 26.3 Å². The van der Waals surface area contributed by atoms with Crippen LogP contribution < -0.4 is 5.32 Å². The van der Waals surface area contributed by atoms with Crippen molar-refractivity contribution in [3.05, 3.63) is 65.5 Å². The summed E-state index contributed by atoms with van der Waals surface area (Å²) in [5.74, 6) is -0.0599. The van der Waals surface area contributed by atoms with Crippen molar-refractivity contribution < 1.29 is 9.18 Å². The smallest absolute Gasteiger partial charge is 0.233 e. The number of halogens is 1. The third kappa shape index (κ3) is 3.94. The summed E-state index contributed by atoms with van der Waals surface area (Å²) in [5.41, 5.74) is 2.87. The highest BCUT2D eigenvalue weighted by molar-refractivity contribution is 8.00. The molecular weight excluding hydrogens is 375 g/mol. The van der Waals surface area contributed by atoms with Crippen LogP contribution in [-0.2, 0) is 11.2 Å². The van der Waals surface area contributed by atoms with Gasteiger partial charge in [0.2, 0.25) is 11.1 Å². The molecule has 0 aliphatic heterocycles. The van der Waals surface area contributed by atoms with Crippen molar-refractivity contribution in [3.8, 4) is 11.4 Å². The van der Waals surface area contributed by atoms with Gasteiger partial charge in [-0.15, -0.1) is 5.10 Å². The molecule has 0 spiro atoms. The number of aryl methyl sites for hydroxylation is 1. The molecule has 7 heteroatoms. The normalized spacial score (nSPS) is 17.0. The zero-order valence-corrected chi connectivity index (χ0v) is 16.3. The minimum absolute atomic E-state index is 0.0432. The van der Waals surface area contributed by atoms with Gasteiger partial charge in [0.1, 0.15) is 5.82 Å². The molecule has 1 heterocycles. The summed E-state index contributed by atoms with van der Waals surface area (Å²) in [7, 11) is 0. The molecule has 0 fully saturated rings. The van der Waals surface area contributed by atoms with E-state index in [0.29, 0.717) is 16.5 Å². The van der Waals surface area contributed by atoms with Gasteiger partial charge in [-0.05, 0) is 49.4 Å². The van der Waals surface area contributed by atoms with Crippen LogP contribution in [0.3, 0.4) is 0 Å². The molecule has 0 unspecified atom stereocenters. The molecule has 144 valence electrons. The summed E-state index contributed by atoms with van der Waals surface area (Å²) in [6, 6.07) is 14.7. The van der Waals surface area contributed by atoms with Gasteiger partial charge in [-0.3, -0.25) is 9.89 Å². The minimum atomic E-state index is -0.364. The number of aromatic amines is 1. The molecule has 4 rings (SSSR count). The van der Waals surface area contributed by atoms with Crippen LogP contribution in [0.2, 0.25) is 0 Å². The Kier molecular flexibility index (Phi) is 5.43. The molecule has 28 heavy (non-hydrogen) atoms. The molecule has 3 aromatic rings. The summed E-state index contributed by atoms with van der Waals surface area (Å²) in [6.45, 7) is 1.83. The first-order valence-electron chi connectivity index (χ1n) is 9.34. The lowest BCUT2D eigenvalue weighted by Crippen LogP contribution is -2.35. The van der Waals surface area contributed by atoms with Gasteiger partial charge >= 0.3 is 0 Å². The Morgan fingerprint density at radius 2 is 2.04 bits per heavy atom. The number of nitrogens with zero attached hydrogens (tertiary/aromatic N) is 2. The first kappa shape index (κ1) is 18.7. The van der Waals surface area contributed by atoms with Gasteiger partial charge in [0.25, 0.3) is 0 Å². The lowest BCUT2D eigenvalue weighted by molar-refractivity contribution is -0.121. The van der Waals surface area contributed by atoms with Crippen LogP contribution in [0, 0.1) is 5.82 Å². The molecular formula is C21H21FN4OS. The van der Waals surface area contributed by atoms with Gasteiger partial charge in [-0.1, -0.05) is 48.2 Å². The third-order valence-electron chi connectivity index (χ3n) is 4.93. The molecule has 1 aliphatic carbocycles. The molecule has 5 nitrogen and oxygen atoms in total. The fraction of sp³-hybridized carbons (Fsp3) is 0.286. The van der Waals surface area contributed by atoms with Crippen molar-refractivity contribution >= 4 is 17.7 Å². The van der Waals surface area contributed by atoms with Crippen molar-refractivity contribution in [2.24, 2.45) is 0 Å². The zero-order valence-electron chi connectivity index (χ0n) is 15.5. The van der Waals surface area contributed by atoms with Crippen molar-refractivity contribution in [1.29, 1.82) is 0 Å². The van der Waals surface area contributed by atoms with E-state index in [9.17, 15) is 9.18 Å². The highest BCUT2D eigenvalue weighted by atomic mass is 32.2. The number of benzene rings is 2. The molecule has 2 atom stereocenters. The fourth-order valence-electron chi connectivity index (χ4n) is 3.48. The second-order valence-electron chi connectivity index (χ2n) is 6.86. The van der Waals surface area contributed by atoms with Crippen molar-refractivity contribution in [3.63, 3.8) is 0 Å². The van der Waals surface area contributed by atoms with Crippen LogP contribution in [0.1, 0.15) is 36.9 Å². The van der Waals surface area contributed by atoms with E-state index in [1.807, 2.05) is 19.1 Å². The van der Waals surface area contributed by atoms with Crippen LogP contribution in [0.25, 0.3) is 11.4 Å². The van der Waals surface area contributed by atoms with Crippen molar-refractivity contribution in [2.45, 2.75) is 42.6 Å². The highest BCUT2D eigenvalue weighted by Crippen LogP contribution is 2.30. The number of aromatic nitrogens is 3. The van der Waals surface area contributed by atoms with E-state index in [0.717, 1.165) is 19.3 Å². The number of fused-ring (bicyclic) bond motifs is 1. The highest BCUT2D eigenvalue weighted by Gasteiger charge is 2.25. The lowest BCUT2D eigenvalue weighted by atomic mass is 9.88. The fourth-order valence-corrected chi connectivity index (χ4v) is 4.21. The van der Waals surface area contributed by atoms with Crippen LogP contribution in [0.4, 0.5) is 4.39 Å². The van der Waals surface area contributed by atoms with Gasteiger partial charge in [-0.2, -0.15) is 0 Å². The molecule has 2 N–H and O–H groups in total. The Bertz CT molecular complexity index is 990. The molecule has 1 amide bonds. The number of carbonyl (C=O) groups is 1. The molecule has 1 aromatic heterocycles. The maximum absolute atomic E-state index is 13.9. The quantitative estimate of drug-likeness (QED) is 0.632. The number of carbonyl (C=O) groups excluding carboxylic acids is 1. The number of nitrogens with one attached hydrogen (secondary N) is 2. The Morgan fingerprint density at radius 1 is 1.25 bits per heavy atom. The molecule has 1 aliphatic rings. The van der Waals surface area contributed by atoms with E-state index >= 15 is 0 Å². The van der Waals surface area contributed by atoms with E-state index in [4.69, 9.17) is 0 Å². The van der Waals surface area contributed by atoms with Gasteiger partial charge < -0.3 is 5.32 Å². The summed E-state index contributed by atoms with van der Waals surface area (Å²) in [5, 5.41) is 10.1. The summed E-state index contributed by atoms with van der Waals surface area (Å²) in [6.07, 6.45) is 3.07. The van der Waals surface area contributed by atoms with Crippen molar-refractivity contribution in [2.75, 3.05) is 0 Å². The third-order valence-corrected chi connectivity index (χ3v) is 5.89. The number of rotatable bonds is 5. The number of amides is 1. The summed E-state index contributed by atoms with van der Waals surface area (Å²) < 4.78 is 13.9. The van der Waals surface area contributed by atoms with Gasteiger partial charge in [-0.25, -0.2) is 9.37 Å². The lowest BCUT2D eigenvalue weighted by Gasteiger charge is -2.27. The van der Waals surface area contributed by atoms with E-state index < -0.39 is 0 Å². The first-order chi connectivity index (χ1) is 13.6. The average Bonchev–Trinajstić information content (AvgIpc) is 3.16. The van der Waals surface area contributed by atoms with Gasteiger partial charge in [0.05, 0.1) is 16.9 Å². The van der Waals surface area contributed by atoms with E-state index in [1.165, 1.54) is 29.0 Å². The molecule has 2 aromatic carbocycles. The van der Waals surface area contributed by atoms with E-state index in [-0.39, 0.29) is 23.0 Å². The van der Waals surface area contributed by atoms with Gasteiger partial charge in [0, 0.05) is 0 Å². The Morgan fingerprint density at radius 3 is 2.89 bits per heavy atom. The Balaban J connectivity index is 1.41. The first-order valence-corrected chi connectivity index (χ1v) is 10.2. The van der Waals surface area contributed by atoms with Gasteiger partial charge in [0.15, 0.2) is 5.82 Å². The van der Waals surface area contributed by atoms with E-state index in [1.54, 1.807) is 18.2 Å². The number of H-pyrrole nitrogens is 1. The SMILES string of the molecule is C[C@@H](Sc1n[nH]c(-c2ccccc2F)n1)C(=O)N[C@H]1CCCc2ccccc21. The van der Waals surface area contributed by atoms with Crippen LogP contribution >= 0.6 is 11.8 Å². The zero-order chi connectivity index (χ0) is 19.5. The van der Waals surface area contributed by atoms with Crippen LogP contribution in [0.5, 0.6) is 0 Å². The predicted molar refractivity (Wildman–Crippen MR) is 107 cm³/mol. The molecule has 0 saturated heterocycles. The number of hydrogen-bond acceptors (Lipinski definition) is 4. The topological polar surface area (TPSA) is 70.7 Å². The second-order valence-corrected chi connectivity index (χ2v) is 8.17. The monoisotopic (exact) mass is 396 g/mol. The molecule has 0 saturated carbocycles. The van der Waals surface area contributed by atoms with E-state index in [2.05, 4.69) is 32.6 Å². The maximum atomic E-state index is 13.9. The van der Waals surface area contributed by atoms with Crippen molar-refractivity contribution in [1.82, 2.24) is 20.5 Å². The summed E-state index contributed by atoms with van der Waals surface area (Å²) >= 11 is 1.25. The molecule has 0 radical (unpaired) electrons. The average molecular weight is 396 g/mol. The summed E-state index contributed by atoms with van der Waals surface area (Å²) in [4.78, 5) is 17.0. The minimum Gasteiger partial charge on any atom is -0.348 e.